The van der Waals surface area contributed by atoms with Gasteiger partial charge in [-0.2, -0.15) is 0 Å². The lowest BCUT2D eigenvalue weighted by Gasteiger charge is -2.33. The topological polar surface area (TPSA) is 105 Å². The Balaban J connectivity index is 2.12. The van der Waals surface area contributed by atoms with Crippen molar-refractivity contribution in [3.63, 3.8) is 0 Å². The second-order valence-electron chi connectivity index (χ2n) is 9.28. The van der Waals surface area contributed by atoms with Gasteiger partial charge < -0.3 is 19.7 Å². The molecule has 1 N–H and O–H groups in total. The first-order valence-electron chi connectivity index (χ1n) is 13.8. The molecule has 0 heterocycles. The molecule has 0 spiro atoms. The number of rotatable bonds is 15. The van der Waals surface area contributed by atoms with Gasteiger partial charge in [0, 0.05) is 18.0 Å². The van der Waals surface area contributed by atoms with Crippen LogP contribution in [-0.4, -0.2) is 64.2 Å². The van der Waals surface area contributed by atoms with E-state index in [-0.39, 0.29) is 23.0 Å². The van der Waals surface area contributed by atoms with Crippen molar-refractivity contribution < 1.29 is 27.5 Å². The Morgan fingerprint density at radius 1 is 0.976 bits per heavy atom. The van der Waals surface area contributed by atoms with Gasteiger partial charge in [-0.3, -0.25) is 13.9 Å². The molecular formula is C31H39N3O6S2. The molecule has 3 aromatic carbocycles. The first-order valence-corrected chi connectivity index (χ1v) is 16.4. The fourth-order valence-corrected chi connectivity index (χ4v) is 6.34. The Bertz CT molecular complexity index is 1450. The van der Waals surface area contributed by atoms with E-state index in [1.165, 1.54) is 28.8 Å². The van der Waals surface area contributed by atoms with Crippen LogP contribution in [0.15, 0.2) is 82.6 Å². The molecule has 42 heavy (non-hydrogen) atoms. The zero-order valence-electron chi connectivity index (χ0n) is 24.7. The van der Waals surface area contributed by atoms with Crippen molar-refractivity contribution in [1.29, 1.82) is 0 Å². The molecule has 0 aliphatic carbocycles. The van der Waals surface area contributed by atoms with Crippen LogP contribution in [0.4, 0.5) is 5.69 Å². The van der Waals surface area contributed by atoms with Gasteiger partial charge in [0.15, 0.2) is 0 Å². The summed E-state index contributed by atoms with van der Waals surface area (Å²) in [4.78, 5) is 29.7. The highest BCUT2D eigenvalue weighted by molar-refractivity contribution is 7.98. The molecule has 0 bridgehead atoms. The number of methoxy groups -OCH3 is 1. The lowest BCUT2D eigenvalue weighted by atomic mass is 10.1. The largest absolute Gasteiger partial charge is 0.497 e. The average Bonchev–Trinajstić information content (AvgIpc) is 3.00. The Hall–Kier alpha value is -3.70. The van der Waals surface area contributed by atoms with E-state index >= 15 is 0 Å². The van der Waals surface area contributed by atoms with Crippen molar-refractivity contribution in [2.75, 3.05) is 37.4 Å². The van der Waals surface area contributed by atoms with E-state index in [0.29, 0.717) is 31.1 Å². The minimum absolute atomic E-state index is 0.0366. The Labute approximate surface area is 253 Å². The van der Waals surface area contributed by atoms with Crippen molar-refractivity contribution in [2.24, 2.45) is 0 Å². The number of amides is 2. The Morgan fingerprint density at radius 2 is 1.69 bits per heavy atom. The van der Waals surface area contributed by atoms with Gasteiger partial charge in [-0.1, -0.05) is 31.2 Å². The molecule has 3 aromatic rings. The van der Waals surface area contributed by atoms with E-state index in [2.05, 4.69) is 5.32 Å². The monoisotopic (exact) mass is 613 g/mol. The molecule has 1 atom stereocenters. The van der Waals surface area contributed by atoms with Crippen molar-refractivity contribution in [1.82, 2.24) is 10.2 Å². The maximum atomic E-state index is 14.2. The number of likely N-dealkylation sites (N-methyl/N-ethyl adjacent to an activating group) is 1. The molecule has 9 nitrogen and oxygen atoms in total. The van der Waals surface area contributed by atoms with Crippen LogP contribution in [0, 0.1) is 0 Å². The number of benzene rings is 3. The second kappa shape index (κ2) is 15.5. The molecule has 0 aliphatic heterocycles. The second-order valence-corrected chi connectivity index (χ2v) is 12.0. The fourth-order valence-electron chi connectivity index (χ4n) is 4.51. The molecule has 0 fully saturated rings. The molecule has 226 valence electrons. The first kappa shape index (κ1) is 32.8. The lowest BCUT2D eigenvalue weighted by molar-refractivity contribution is -0.140. The van der Waals surface area contributed by atoms with E-state index in [0.717, 1.165) is 14.8 Å². The van der Waals surface area contributed by atoms with Crippen LogP contribution in [-0.2, 0) is 26.2 Å². The molecule has 2 amide bonds. The van der Waals surface area contributed by atoms with Gasteiger partial charge in [0.25, 0.3) is 10.0 Å². The van der Waals surface area contributed by atoms with Crippen molar-refractivity contribution in [3.05, 3.63) is 78.4 Å². The summed E-state index contributed by atoms with van der Waals surface area (Å²) in [5.41, 5.74) is 0.969. The third-order valence-electron chi connectivity index (χ3n) is 6.58. The Morgan fingerprint density at radius 3 is 2.31 bits per heavy atom. The highest BCUT2D eigenvalue weighted by Crippen LogP contribution is 2.33. The summed E-state index contributed by atoms with van der Waals surface area (Å²) < 4.78 is 40.5. The molecule has 0 saturated carbocycles. The number of anilines is 1. The number of thioether (sulfide) groups is 1. The third-order valence-corrected chi connectivity index (χ3v) is 9.10. The van der Waals surface area contributed by atoms with E-state index in [4.69, 9.17) is 9.47 Å². The summed E-state index contributed by atoms with van der Waals surface area (Å²) in [5.74, 6) is 0.0845. The third kappa shape index (κ3) is 7.98. The van der Waals surface area contributed by atoms with Crippen LogP contribution in [0.3, 0.4) is 0 Å². The zero-order valence-corrected chi connectivity index (χ0v) is 26.3. The summed E-state index contributed by atoms with van der Waals surface area (Å²) in [6.07, 6.45) is 2.24. The summed E-state index contributed by atoms with van der Waals surface area (Å²) in [5, 5.41) is 2.81. The number of sulfonamides is 1. The number of ether oxygens (including phenoxy) is 2. The maximum absolute atomic E-state index is 14.2. The fraction of sp³-hybridized carbons (Fsp3) is 0.355. The van der Waals surface area contributed by atoms with Gasteiger partial charge in [-0.05, 0) is 80.6 Å². The zero-order chi connectivity index (χ0) is 30.7. The summed E-state index contributed by atoms with van der Waals surface area (Å²) in [7, 11) is -2.67. The lowest BCUT2D eigenvalue weighted by Crippen LogP contribution is -2.52. The molecule has 0 aliphatic rings. The minimum Gasteiger partial charge on any atom is -0.497 e. The highest BCUT2D eigenvalue weighted by Gasteiger charge is 2.34. The molecular weight excluding hydrogens is 574 g/mol. The van der Waals surface area contributed by atoms with E-state index < -0.39 is 28.5 Å². The van der Waals surface area contributed by atoms with Crippen molar-refractivity contribution in [2.45, 2.75) is 49.6 Å². The maximum Gasteiger partial charge on any atom is 0.264 e. The summed E-state index contributed by atoms with van der Waals surface area (Å²) >= 11 is 1.50. The minimum atomic E-state index is -4.22. The number of para-hydroxylation sites is 2. The summed E-state index contributed by atoms with van der Waals surface area (Å²) in [6.45, 7) is 5.66. The van der Waals surface area contributed by atoms with Crippen LogP contribution in [0.2, 0.25) is 0 Å². The SMILES string of the molecule is CCNC(=O)[C@H](CC)N(Cc1cccc(OC)c1)C(=O)CN(c1ccccc1OCC)S(=O)(=O)c1ccc(SC)cc1. The predicted molar refractivity (Wildman–Crippen MR) is 167 cm³/mol. The molecule has 0 aromatic heterocycles. The quantitative estimate of drug-likeness (QED) is 0.242. The van der Waals surface area contributed by atoms with Gasteiger partial charge in [-0.25, -0.2) is 8.42 Å². The molecule has 0 saturated heterocycles. The van der Waals surface area contributed by atoms with E-state index in [9.17, 15) is 18.0 Å². The van der Waals surface area contributed by atoms with Gasteiger partial charge >= 0.3 is 0 Å². The highest BCUT2D eigenvalue weighted by atomic mass is 32.2. The average molecular weight is 614 g/mol. The molecule has 0 radical (unpaired) electrons. The number of nitrogens with one attached hydrogen (secondary N) is 1. The number of hydrogen-bond donors (Lipinski definition) is 1. The number of carbonyl (C=O) groups excluding carboxylic acids is 2. The van der Waals surface area contributed by atoms with Crippen LogP contribution >= 0.6 is 11.8 Å². The van der Waals surface area contributed by atoms with Gasteiger partial charge in [0.05, 0.1) is 24.3 Å². The predicted octanol–water partition coefficient (Wildman–Crippen LogP) is 4.95. The van der Waals surface area contributed by atoms with Gasteiger partial charge in [0.2, 0.25) is 11.8 Å². The van der Waals surface area contributed by atoms with Crippen molar-refractivity contribution in [3.8, 4) is 11.5 Å². The van der Waals surface area contributed by atoms with Gasteiger partial charge in [0.1, 0.15) is 24.1 Å². The first-order chi connectivity index (χ1) is 20.2. The number of carbonyl (C=O) groups is 2. The van der Waals surface area contributed by atoms with Crippen molar-refractivity contribution >= 4 is 39.3 Å². The van der Waals surface area contributed by atoms with E-state index in [1.807, 2.05) is 19.2 Å². The number of nitrogens with zero attached hydrogens (tertiary/aromatic N) is 2. The smallest absolute Gasteiger partial charge is 0.264 e. The standard InChI is InChI=1S/C31H39N3O6S2/c1-6-27(31(36)32-7-2)33(21-23-12-11-13-24(20-23)39-4)30(35)22-34(28-14-9-10-15-29(28)40-8-3)42(37,38)26-18-16-25(41-5)17-19-26/h9-20,27H,6-8,21-22H2,1-5H3,(H,32,36)/t27-/m0/s1. The van der Waals surface area contributed by atoms with E-state index in [1.54, 1.807) is 75.6 Å². The normalized spacial score (nSPS) is 11.8. The van der Waals surface area contributed by atoms with Gasteiger partial charge in [-0.15, -0.1) is 11.8 Å². The number of hydrogen-bond acceptors (Lipinski definition) is 7. The summed E-state index contributed by atoms with van der Waals surface area (Å²) in [6, 6.07) is 19.6. The molecule has 0 unspecified atom stereocenters. The van der Waals surface area contributed by atoms with Crippen LogP contribution in [0.25, 0.3) is 0 Å². The van der Waals surface area contributed by atoms with Crippen LogP contribution in [0.1, 0.15) is 32.8 Å². The van der Waals surface area contributed by atoms with Crippen LogP contribution in [0.5, 0.6) is 11.5 Å². The molecule has 3 rings (SSSR count). The van der Waals surface area contributed by atoms with Crippen LogP contribution < -0.4 is 19.1 Å². The Kier molecular flexibility index (Phi) is 12.1. The molecule has 11 heteroatoms.